The first kappa shape index (κ1) is 14.9. The number of nitrogens with zero attached hydrogens (tertiary/aromatic N) is 4. The molecule has 0 spiro atoms. The summed E-state index contributed by atoms with van der Waals surface area (Å²) < 4.78 is 5.32. The maximum Gasteiger partial charge on any atom is 0.269 e. The SMILES string of the molecule is O=C1C=CC(C(=O)N2CCC(c3noc(-c4ccsc4)n3)C2)C=N1. The minimum atomic E-state index is -0.465. The van der Waals surface area contributed by atoms with Crippen LogP contribution in [0.5, 0.6) is 0 Å². The molecule has 8 heteroatoms. The first-order chi connectivity index (χ1) is 11.7. The fourth-order valence-corrected chi connectivity index (χ4v) is 3.49. The second kappa shape index (κ2) is 6.12. The number of dihydropyridines is 1. The van der Waals surface area contributed by atoms with Crippen LogP contribution in [0, 0.1) is 5.92 Å². The maximum atomic E-state index is 12.5. The molecular formula is C16H14N4O3S. The lowest BCUT2D eigenvalue weighted by molar-refractivity contribution is -0.131. The van der Waals surface area contributed by atoms with Gasteiger partial charge in [-0.1, -0.05) is 11.2 Å². The molecule has 24 heavy (non-hydrogen) atoms. The van der Waals surface area contributed by atoms with Gasteiger partial charge >= 0.3 is 0 Å². The Morgan fingerprint density at radius 3 is 3.08 bits per heavy atom. The molecule has 1 saturated heterocycles. The van der Waals surface area contributed by atoms with Crippen LogP contribution in [0.3, 0.4) is 0 Å². The van der Waals surface area contributed by atoms with Crippen molar-refractivity contribution in [2.45, 2.75) is 12.3 Å². The van der Waals surface area contributed by atoms with Crippen molar-refractivity contribution in [3.05, 3.63) is 34.8 Å². The predicted octanol–water partition coefficient (Wildman–Crippen LogP) is 1.90. The van der Waals surface area contributed by atoms with Crippen LogP contribution in [0.4, 0.5) is 0 Å². The van der Waals surface area contributed by atoms with E-state index in [1.54, 1.807) is 22.3 Å². The summed E-state index contributed by atoms with van der Waals surface area (Å²) in [5.41, 5.74) is 0.915. The second-order valence-corrected chi connectivity index (χ2v) is 6.52. The van der Waals surface area contributed by atoms with Gasteiger partial charge in [0.15, 0.2) is 5.82 Å². The summed E-state index contributed by atoms with van der Waals surface area (Å²) in [5.74, 6) is 0.369. The van der Waals surface area contributed by atoms with E-state index in [0.717, 1.165) is 12.0 Å². The van der Waals surface area contributed by atoms with Gasteiger partial charge in [-0.3, -0.25) is 9.59 Å². The minimum absolute atomic E-state index is 0.0495. The fourth-order valence-electron chi connectivity index (χ4n) is 2.86. The van der Waals surface area contributed by atoms with E-state index in [1.165, 1.54) is 12.3 Å². The first-order valence-electron chi connectivity index (χ1n) is 7.62. The molecule has 0 N–H and O–H groups in total. The van der Waals surface area contributed by atoms with Crippen molar-refractivity contribution in [1.82, 2.24) is 15.0 Å². The third-order valence-electron chi connectivity index (χ3n) is 4.17. The molecule has 2 aliphatic heterocycles. The molecule has 2 amide bonds. The fraction of sp³-hybridized carbons (Fsp3) is 0.312. The van der Waals surface area contributed by atoms with Crippen LogP contribution in [0.2, 0.25) is 0 Å². The van der Waals surface area contributed by atoms with Gasteiger partial charge in [0.05, 0.1) is 11.5 Å². The monoisotopic (exact) mass is 342 g/mol. The van der Waals surface area contributed by atoms with Crippen molar-refractivity contribution in [3.8, 4) is 11.5 Å². The highest BCUT2D eigenvalue weighted by Crippen LogP contribution is 2.28. The molecule has 0 radical (unpaired) electrons. The molecule has 2 atom stereocenters. The molecule has 0 saturated carbocycles. The van der Waals surface area contributed by atoms with Crippen molar-refractivity contribution < 1.29 is 14.1 Å². The molecule has 2 aromatic rings. The molecule has 0 aliphatic carbocycles. The Labute approximate surface area is 141 Å². The summed E-state index contributed by atoms with van der Waals surface area (Å²) in [6, 6.07) is 1.93. The Morgan fingerprint density at radius 1 is 1.42 bits per heavy atom. The lowest BCUT2D eigenvalue weighted by Crippen LogP contribution is -2.35. The molecule has 0 aromatic carbocycles. The van der Waals surface area contributed by atoms with Gasteiger partial charge in [0.1, 0.15) is 0 Å². The molecule has 1 fully saturated rings. The predicted molar refractivity (Wildman–Crippen MR) is 87.7 cm³/mol. The topological polar surface area (TPSA) is 88.7 Å². The first-order valence-corrected chi connectivity index (χ1v) is 8.56. The van der Waals surface area contributed by atoms with Crippen LogP contribution in [-0.4, -0.2) is 46.2 Å². The van der Waals surface area contributed by atoms with Crippen molar-refractivity contribution in [2.75, 3.05) is 13.1 Å². The molecule has 2 aliphatic rings. The maximum absolute atomic E-state index is 12.5. The molecular weight excluding hydrogens is 328 g/mol. The second-order valence-electron chi connectivity index (χ2n) is 5.74. The van der Waals surface area contributed by atoms with E-state index in [2.05, 4.69) is 15.1 Å². The van der Waals surface area contributed by atoms with Gasteiger partial charge in [0.25, 0.3) is 11.8 Å². The number of aromatic nitrogens is 2. The summed E-state index contributed by atoms with van der Waals surface area (Å²) in [4.78, 5) is 33.4. The van der Waals surface area contributed by atoms with Crippen LogP contribution in [0.15, 0.2) is 38.5 Å². The Bertz CT molecular complexity index is 808. The summed E-state index contributed by atoms with van der Waals surface area (Å²) in [6.07, 6.45) is 5.12. The van der Waals surface area contributed by atoms with E-state index in [4.69, 9.17) is 4.52 Å². The highest BCUT2D eigenvalue weighted by Gasteiger charge is 2.33. The highest BCUT2D eigenvalue weighted by atomic mass is 32.1. The standard InChI is InChI=1S/C16H14N4O3S/c21-13-2-1-10(7-17-13)16(22)20-5-3-11(8-20)14-18-15(23-19-14)12-4-6-24-9-12/h1-2,4,6-7,9-11H,3,5,8H2. The summed E-state index contributed by atoms with van der Waals surface area (Å²) >= 11 is 1.57. The summed E-state index contributed by atoms with van der Waals surface area (Å²) in [5, 5.41) is 7.98. The molecule has 2 aromatic heterocycles. The number of carbonyl (C=O) groups excluding carboxylic acids is 2. The van der Waals surface area contributed by atoms with E-state index < -0.39 is 5.92 Å². The Hall–Kier alpha value is -2.61. The van der Waals surface area contributed by atoms with Crippen molar-refractivity contribution in [2.24, 2.45) is 10.9 Å². The van der Waals surface area contributed by atoms with Crippen LogP contribution in [0.1, 0.15) is 18.2 Å². The third kappa shape index (κ3) is 2.80. The highest BCUT2D eigenvalue weighted by molar-refractivity contribution is 7.08. The molecule has 4 rings (SSSR count). The molecule has 7 nitrogen and oxygen atoms in total. The zero-order valence-electron chi connectivity index (χ0n) is 12.7. The van der Waals surface area contributed by atoms with Gasteiger partial charge in [-0.15, -0.1) is 0 Å². The van der Waals surface area contributed by atoms with Gasteiger partial charge in [-0.2, -0.15) is 16.3 Å². The van der Waals surface area contributed by atoms with E-state index >= 15 is 0 Å². The smallest absolute Gasteiger partial charge is 0.269 e. The van der Waals surface area contributed by atoms with E-state index in [1.807, 2.05) is 16.8 Å². The average molecular weight is 342 g/mol. The summed E-state index contributed by atoms with van der Waals surface area (Å²) in [7, 11) is 0. The van der Waals surface area contributed by atoms with Crippen molar-refractivity contribution >= 4 is 29.4 Å². The number of thiophene rings is 1. The number of likely N-dealkylation sites (tertiary alicyclic amines) is 1. The van der Waals surface area contributed by atoms with E-state index in [9.17, 15) is 9.59 Å². The van der Waals surface area contributed by atoms with Crippen LogP contribution >= 0.6 is 11.3 Å². The lowest BCUT2D eigenvalue weighted by atomic mass is 10.1. The van der Waals surface area contributed by atoms with Crippen molar-refractivity contribution in [1.29, 1.82) is 0 Å². The third-order valence-corrected chi connectivity index (χ3v) is 4.85. The van der Waals surface area contributed by atoms with Crippen molar-refractivity contribution in [3.63, 3.8) is 0 Å². The number of hydrogen-bond donors (Lipinski definition) is 0. The normalized spacial score (nSPS) is 23.2. The number of amides is 2. The van der Waals surface area contributed by atoms with Gasteiger partial charge in [-0.25, -0.2) is 4.99 Å². The number of aliphatic imine (C=N–C) groups is 1. The van der Waals surface area contributed by atoms with Gasteiger partial charge in [0.2, 0.25) is 5.91 Å². The molecule has 2 unspecified atom stereocenters. The Balaban J connectivity index is 1.43. The van der Waals surface area contributed by atoms with Gasteiger partial charge in [0, 0.05) is 36.7 Å². The zero-order chi connectivity index (χ0) is 16.5. The van der Waals surface area contributed by atoms with Gasteiger partial charge in [-0.05, 0) is 17.9 Å². The minimum Gasteiger partial charge on any atom is -0.341 e. The molecule has 0 bridgehead atoms. The zero-order valence-corrected chi connectivity index (χ0v) is 13.5. The number of carbonyl (C=O) groups is 2. The van der Waals surface area contributed by atoms with Crippen LogP contribution < -0.4 is 0 Å². The largest absolute Gasteiger partial charge is 0.341 e. The Morgan fingerprint density at radius 2 is 2.33 bits per heavy atom. The number of hydrogen-bond acceptors (Lipinski definition) is 6. The molecule has 122 valence electrons. The van der Waals surface area contributed by atoms with E-state index in [-0.39, 0.29) is 17.7 Å². The van der Waals surface area contributed by atoms with Gasteiger partial charge < -0.3 is 9.42 Å². The Kier molecular flexibility index (Phi) is 3.81. The van der Waals surface area contributed by atoms with Crippen LogP contribution in [0.25, 0.3) is 11.5 Å². The van der Waals surface area contributed by atoms with E-state index in [0.29, 0.717) is 24.8 Å². The number of rotatable bonds is 3. The quantitative estimate of drug-likeness (QED) is 0.850. The average Bonchev–Trinajstić information content (AvgIpc) is 3.33. The molecule has 4 heterocycles. The summed E-state index contributed by atoms with van der Waals surface area (Å²) in [6.45, 7) is 1.19. The lowest BCUT2D eigenvalue weighted by Gasteiger charge is -2.19. The van der Waals surface area contributed by atoms with Crippen LogP contribution in [-0.2, 0) is 9.59 Å².